The molecular weight excluding hydrogens is 467 g/mol. The van der Waals surface area contributed by atoms with Crippen molar-refractivity contribution in [2.24, 2.45) is 5.11 Å². The van der Waals surface area contributed by atoms with Gasteiger partial charge >= 0.3 is 13.4 Å². The quantitative estimate of drug-likeness (QED) is 0.206. The molecule has 1 aliphatic carbocycles. The fraction of sp³-hybridized carbons (Fsp3) is 0.500. The van der Waals surface area contributed by atoms with Crippen LogP contribution >= 0.6 is 7.75 Å². The van der Waals surface area contributed by atoms with Crippen LogP contribution in [0.1, 0.15) is 32.4 Å². The number of H-pyrrole nitrogens is 1. The summed E-state index contributed by atoms with van der Waals surface area (Å²) in [5, 5.41) is 17.5. The van der Waals surface area contributed by atoms with Crippen molar-refractivity contribution in [2.45, 2.75) is 56.2 Å². The molecule has 2 heterocycles. The van der Waals surface area contributed by atoms with Crippen LogP contribution < -0.4 is 20.9 Å². The second-order valence-corrected chi connectivity index (χ2v) is 10.1. The fourth-order valence-electron chi connectivity index (χ4n) is 3.84. The van der Waals surface area contributed by atoms with Crippen molar-refractivity contribution < 1.29 is 23.5 Å². The first-order valence-corrected chi connectivity index (χ1v) is 12.3. The van der Waals surface area contributed by atoms with Gasteiger partial charge < -0.3 is 14.4 Å². The average Bonchev–Trinajstić information content (AvgIpc) is 3.01. The summed E-state index contributed by atoms with van der Waals surface area (Å²) in [5.74, 6) is 0.335. The smallest absolute Gasteiger partial charge is 0.413 e. The van der Waals surface area contributed by atoms with E-state index in [0.717, 1.165) is 29.9 Å². The van der Waals surface area contributed by atoms with E-state index in [-0.39, 0.29) is 6.04 Å². The lowest BCUT2D eigenvalue weighted by Gasteiger charge is -2.31. The second-order valence-electron chi connectivity index (χ2n) is 8.36. The predicted octanol–water partition coefficient (Wildman–Crippen LogP) is 2.21. The zero-order chi connectivity index (χ0) is 24.3. The molecule has 13 nitrogen and oxygen atoms in total. The third-order valence-electron chi connectivity index (χ3n) is 5.94. The van der Waals surface area contributed by atoms with E-state index in [0.29, 0.717) is 5.75 Å². The number of nitrogens with zero attached hydrogens (tertiary/aromatic N) is 4. The maximum Gasteiger partial charge on any atom is 0.459 e. The van der Waals surface area contributed by atoms with Crippen LogP contribution in [0, 0.1) is 0 Å². The number of benzene rings is 1. The second kappa shape index (κ2) is 9.75. The summed E-state index contributed by atoms with van der Waals surface area (Å²) in [6, 6.07) is 9.57. The first-order chi connectivity index (χ1) is 16.2. The summed E-state index contributed by atoms with van der Waals surface area (Å²) in [6.45, 7) is 1.02. The van der Waals surface area contributed by atoms with E-state index < -0.39 is 49.6 Å². The highest BCUT2D eigenvalue weighted by Crippen LogP contribution is 2.48. The van der Waals surface area contributed by atoms with Crippen LogP contribution in [0.4, 0.5) is 0 Å². The average molecular weight is 492 g/mol. The molecule has 0 spiro atoms. The third kappa shape index (κ3) is 4.95. The van der Waals surface area contributed by atoms with Crippen molar-refractivity contribution in [3.63, 3.8) is 0 Å². The predicted molar refractivity (Wildman–Crippen MR) is 120 cm³/mol. The van der Waals surface area contributed by atoms with Gasteiger partial charge in [-0.15, -0.1) is 0 Å². The highest BCUT2D eigenvalue weighted by atomic mass is 31.2. The van der Waals surface area contributed by atoms with Crippen LogP contribution in [0.2, 0.25) is 0 Å². The Morgan fingerprint density at radius 2 is 2.09 bits per heavy atom. The Bertz CT molecular complexity index is 1230. The highest BCUT2D eigenvalue weighted by molar-refractivity contribution is 7.52. The number of azide groups is 1. The summed E-state index contributed by atoms with van der Waals surface area (Å²) >= 11 is 0. The van der Waals surface area contributed by atoms with Crippen LogP contribution in [-0.2, 0) is 13.8 Å². The van der Waals surface area contributed by atoms with Gasteiger partial charge in [-0.05, 0) is 37.4 Å². The monoisotopic (exact) mass is 492 g/mol. The van der Waals surface area contributed by atoms with Crippen molar-refractivity contribution in [1.82, 2.24) is 14.6 Å². The molecule has 2 unspecified atom stereocenters. The molecule has 3 N–H and O–H groups in total. The molecule has 0 bridgehead atoms. The van der Waals surface area contributed by atoms with Crippen LogP contribution in [0.15, 0.2) is 57.3 Å². The lowest BCUT2D eigenvalue weighted by Crippen LogP contribution is -2.45. The SMILES string of the molecule is C[C@]1(N=[N+]=[N-])C(n2ccc(=O)[nH]c2=O)O[C@H](COP(=O)(NC2CCC2)Oc2ccccc2)[C@H]1O. The number of ether oxygens (including phenoxy) is 1. The number of nitrogens with one attached hydrogen (secondary N) is 2. The van der Waals surface area contributed by atoms with E-state index in [9.17, 15) is 19.3 Å². The number of aliphatic hydroxyl groups excluding tert-OH is 1. The first kappa shape index (κ1) is 24.2. The van der Waals surface area contributed by atoms with Crippen molar-refractivity contribution in [2.75, 3.05) is 6.61 Å². The third-order valence-corrected chi connectivity index (χ3v) is 7.56. The normalized spacial score (nSPS) is 28.5. The Morgan fingerprint density at radius 3 is 2.71 bits per heavy atom. The topological polar surface area (TPSA) is 181 Å². The van der Waals surface area contributed by atoms with Crippen molar-refractivity contribution in [1.29, 1.82) is 0 Å². The summed E-state index contributed by atoms with van der Waals surface area (Å²) in [7, 11) is -3.87. The van der Waals surface area contributed by atoms with E-state index in [2.05, 4.69) is 20.1 Å². The van der Waals surface area contributed by atoms with E-state index >= 15 is 0 Å². The number of hydrogen-bond acceptors (Lipinski definition) is 8. The largest absolute Gasteiger partial charge is 0.459 e. The Kier molecular flexibility index (Phi) is 6.94. The Labute approximate surface area is 193 Å². The van der Waals surface area contributed by atoms with Gasteiger partial charge in [-0.25, -0.2) is 14.4 Å². The molecule has 34 heavy (non-hydrogen) atoms. The number of rotatable bonds is 9. The van der Waals surface area contributed by atoms with Gasteiger partial charge in [-0.3, -0.25) is 18.9 Å². The molecule has 0 radical (unpaired) electrons. The van der Waals surface area contributed by atoms with Crippen LogP contribution in [0.3, 0.4) is 0 Å². The lowest BCUT2D eigenvalue weighted by atomic mass is 9.93. The Hall–Kier alpha value is -2.92. The van der Waals surface area contributed by atoms with Gasteiger partial charge in [-0.1, -0.05) is 29.7 Å². The molecule has 2 fully saturated rings. The van der Waals surface area contributed by atoms with E-state index in [1.807, 2.05) is 0 Å². The fourth-order valence-corrected chi connectivity index (χ4v) is 5.47. The van der Waals surface area contributed by atoms with E-state index in [1.165, 1.54) is 13.1 Å². The molecular formula is C20H25N6O7P. The molecule has 14 heteroatoms. The number of aliphatic hydroxyl groups is 1. The van der Waals surface area contributed by atoms with Gasteiger partial charge in [0.1, 0.15) is 17.4 Å². The maximum absolute atomic E-state index is 13.5. The minimum atomic E-state index is -3.87. The highest BCUT2D eigenvalue weighted by Gasteiger charge is 2.54. The van der Waals surface area contributed by atoms with Gasteiger partial charge in [0, 0.05) is 23.2 Å². The Balaban J connectivity index is 1.56. The summed E-state index contributed by atoms with van der Waals surface area (Å²) in [6.07, 6.45) is -0.00986. The maximum atomic E-state index is 13.5. The van der Waals surface area contributed by atoms with Crippen molar-refractivity contribution >= 4 is 7.75 Å². The van der Waals surface area contributed by atoms with Crippen LogP contribution in [0.5, 0.6) is 5.75 Å². The number of aromatic amines is 1. The van der Waals surface area contributed by atoms with E-state index in [4.69, 9.17) is 19.3 Å². The van der Waals surface area contributed by atoms with E-state index in [1.54, 1.807) is 30.3 Å². The lowest BCUT2D eigenvalue weighted by molar-refractivity contribution is -0.0457. The van der Waals surface area contributed by atoms with Crippen LogP contribution in [-0.4, -0.2) is 45.1 Å². The number of hydrogen-bond donors (Lipinski definition) is 3. The Morgan fingerprint density at radius 1 is 1.35 bits per heavy atom. The molecule has 0 amide bonds. The van der Waals surface area contributed by atoms with Gasteiger partial charge in [0.2, 0.25) is 0 Å². The molecule has 2 aliphatic rings. The van der Waals surface area contributed by atoms with Gasteiger partial charge in [0.15, 0.2) is 6.23 Å². The van der Waals surface area contributed by atoms with Crippen LogP contribution in [0.25, 0.3) is 10.4 Å². The minimum absolute atomic E-state index is 0.0371. The number of aromatic nitrogens is 2. The van der Waals surface area contributed by atoms with Crippen molar-refractivity contribution in [3.05, 3.63) is 73.9 Å². The molecule has 1 saturated carbocycles. The number of para-hydroxylation sites is 1. The minimum Gasteiger partial charge on any atom is -0.413 e. The molecule has 5 atom stereocenters. The molecule has 1 aromatic carbocycles. The summed E-state index contributed by atoms with van der Waals surface area (Å²) < 4.78 is 31.7. The molecule has 2 aromatic rings. The molecule has 1 aromatic heterocycles. The molecule has 1 aliphatic heterocycles. The standard InChI is InChI=1S/C20H25N6O7P/c1-20(24-25-21)17(28)15(32-18(20)26-11-10-16(27)22-19(26)29)12-31-34(30,23-13-6-5-7-13)33-14-8-3-2-4-9-14/h2-4,8-11,13,15,17-18,28H,5-7,12H2,1H3,(H,23,30)(H,22,27,29)/t15-,17-,18?,20-,34?/m1/s1. The first-order valence-electron chi connectivity index (χ1n) is 10.7. The summed E-state index contributed by atoms with van der Waals surface area (Å²) in [5.41, 5.74) is 6.01. The van der Waals surface area contributed by atoms with Gasteiger partial charge in [0.25, 0.3) is 5.56 Å². The summed E-state index contributed by atoms with van der Waals surface area (Å²) in [4.78, 5) is 28.6. The zero-order valence-corrected chi connectivity index (χ0v) is 19.2. The van der Waals surface area contributed by atoms with Gasteiger partial charge in [0.05, 0.1) is 12.7 Å². The van der Waals surface area contributed by atoms with Gasteiger partial charge in [-0.2, -0.15) is 0 Å². The zero-order valence-electron chi connectivity index (χ0n) is 18.3. The molecule has 182 valence electrons. The molecule has 4 rings (SSSR count). The van der Waals surface area contributed by atoms with Crippen molar-refractivity contribution in [3.8, 4) is 5.75 Å². The molecule has 1 saturated heterocycles.